The maximum Gasteiger partial charge on any atom is 2.00 e. The molecule has 0 atom stereocenters. The standard InChI is InChI=1S/C32H15ClN8O11S4.Zn/c33-53(42,43)13-1-5-17-21(9-13)29-34-25(17)36-30-23-11-15(55(47,48)49)3-7-19(23)27(38-30)40-32-24-12-16(56(50,51)52)4-8-20(24)28(41-32)39-31-22-10-14(54(44,45)46)2-6-18(22)26(35-29)37-31;/h1-12H,(H3-2,34,35,36,37,38,39,40,41,44,45,46,47,48,49,50,51,52);/q-2;+2. The zero-order chi connectivity index (χ0) is 39.7. The summed E-state index contributed by atoms with van der Waals surface area (Å²) in [7, 11) is -12.8. The van der Waals surface area contributed by atoms with E-state index in [-0.39, 0.29) is 114 Å². The molecule has 0 saturated heterocycles. The van der Waals surface area contributed by atoms with E-state index >= 15 is 0 Å². The van der Waals surface area contributed by atoms with Crippen molar-refractivity contribution in [1.29, 1.82) is 0 Å². The Hall–Kier alpha value is -5.17. The quantitative estimate of drug-likeness (QED) is 0.128. The summed E-state index contributed by atoms with van der Waals surface area (Å²) in [5.74, 6) is -0.552. The maximum absolute atomic E-state index is 12.4. The van der Waals surface area contributed by atoms with Gasteiger partial charge in [0.05, 0.1) is 42.9 Å². The van der Waals surface area contributed by atoms with Gasteiger partial charge in [0.1, 0.15) is 0 Å². The molecule has 7 aromatic rings. The predicted molar refractivity (Wildman–Crippen MR) is 196 cm³/mol. The number of rotatable bonds is 4. The van der Waals surface area contributed by atoms with Gasteiger partial charge in [-0.25, -0.2) is 18.4 Å². The molecule has 0 spiro atoms. The molecule has 0 amide bonds. The van der Waals surface area contributed by atoms with Gasteiger partial charge in [-0.2, -0.15) is 25.3 Å². The Morgan fingerprint density at radius 2 is 0.719 bits per heavy atom. The zero-order valence-electron chi connectivity index (χ0n) is 27.8. The minimum atomic E-state index is -4.74. The summed E-state index contributed by atoms with van der Waals surface area (Å²) >= 11 is 0. The van der Waals surface area contributed by atoms with Crippen LogP contribution in [-0.2, 0) is 58.9 Å². The molecule has 9 rings (SSSR count). The molecule has 4 aromatic carbocycles. The molecular weight excluding hydrogens is 902 g/mol. The topological polar surface area (TPSA) is 303 Å². The van der Waals surface area contributed by atoms with Crippen LogP contribution in [0.4, 0.5) is 0 Å². The number of hydrogen-bond acceptors (Lipinski definition) is 14. The second-order valence-corrected chi connectivity index (χ2v) is 19.0. The zero-order valence-corrected chi connectivity index (χ0v) is 34.8. The SMILES string of the molecule is O=S(=O)(O)c1ccc2c(c1)-c1nc-2nc2[n-]c(nc3nc(nc4[n-]c(n1)c1ccc(S(=O)(=O)O)cc41)-c1ccc(S(=O)(=O)Cl)cc1-3)c1ccc(S(=O)(=O)O)cc21.[Zn+2]. The molecule has 2 aliphatic heterocycles. The van der Waals surface area contributed by atoms with E-state index in [9.17, 15) is 47.3 Å². The average Bonchev–Trinajstić information content (AvgIpc) is 3.84. The molecule has 0 fully saturated rings. The molecule has 3 N–H and O–H groups in total. The van der Waals surface area contributed by atoms with E-state index in [4.69, 9.17) is 10.7 Å². The molecule has 19 nitrogen and oxygen atoms in total. The summed E-state index contributed by atoms with van der Waals surface area (Å²) in [4.78, 5) is 34.5. The first-order valence-corrected chi connectivity index (χ1v) is 22.0. The predicted octanol–water partition coefficient (Wildman–Crippen LogP) is 3.79. The Kier molecular flexibility index (Phi) is 8.77. The summed E-state index contributed by atoms with van der Waals surface area (Å²) in [5.41, 5.74) is -0.0226. The summed E-state index contributed by atoms with van der Waals surface area (Å²) in [6.07, 6.45) is 0. The van der Waals surface area contributed by atoms with E-state index in [0.717, 1.165) is 36.4 Å². The van der Waals surface area contributed by atoms with Crippen molar-refractivity contribution >= 4 is 94.2 Å². The first kappa shape index (κ1) is 38.7. The Morgan fingerprint density at radius 3 is 1.11 bits per heavy atom. The number of hydrogen-bond donors (Lipinski definition) is 3. The van der Waals surface area contributed by atoms with E-state index < -0.39 is 54.1 Å². The van der Waals surface area contributed by atoms with Crippen LogP contribution in [0, 0.1) is 0 Å². The van der Waals surface area contributed by atoms with Crippen molar-refractivity contribution in [3.63, 3.8) is 0 Å². The monoisotopic (exact) mass is 914 g/mol. The molecular formula is C32H15ClN8O11S4Zn. The van der Waals surface area contributed by atoms with Crippen LogP contribution in [0.5, 0.6) is 0 Å². The van der Waals surface area contributed by atoms with Gasteiger partial charge in [-0.05, 0) is 70.1 Å². The van der Waals surface area contributed by atoms with Gasteiger partial charge >= 0.3 is 19.5 Å². The minimum Gasteiger partial charge on any atom is -0.357 e. The van der Waals surface area contributed by atoms with Crippen molar-refractivity contribution in [2.75, 3.05) is 0 Å². The molecule has 57 heavy (non-hydrogen) atoms. The fourth-order valence-electron chi connectivity index (χ4n) is 6.21. The van der Waals surface area contributed by atoms with Crippen LogP contribution in [0.1, 0.15) is 0 Å². The Bertz CT molecular complexity index is 3380. The van der Waals surface area contributed by atoms with Crippen LogP contribution >= 0.6 is 10.7 Å². The van der Waals surface area contributed by atoms with Crippen LogP contribution in [-0.4, -0.2) is 77.2 Å². The molecule has 8 bridgehead atoms. The van der Waals surface area contributed by atoms with Gasteiger partial charge < -0.3 is 29.9 Å². The third kappa shape index (κ3) is 6.67. The number of nitrogens with zero attached hydrogens (tertiary/aromatic N) is 8. The Morgan fingerprint density at radius 1 is 0.404 bits per heavy atom. The second kappa shape index (κ2) is 12.9. The summed E-state index contributed by atoms with van der Waals surface area (Å²) in [6.45, 7) is 0. The second-order valence-electron chi connectivity index (χ2n) is 12.2. The van der Waals surface area contributed by atoms with Gasteiger partial charge in [0.25, 0.3) is 39.4 Å². The van der Waals surface area contributed by atoms with Gasteiger partial charge in [0.2, 0.25) is 0 Å². The van der Waals surface area contributed by atoms with Crippen LogP contribution in [0.3, 0.4) is 0 Å². The van der Waals surface area contributed by atoms with E-state index in [2.05, 4.69) is 39.9 Å². The molecule has 282 valence electrons. The molecule has 0 aliphatic carbocycles. The van der Waals surface area contributed by atoms with Crippen LogP contribution in [0.25, 0.3) is 89.7 Å². The first-order valence-electron chi connectivity index (χ1n) is 15.4. The number of fused-ring (bicyclic) bond motifs is 20. The summed E-state index contributed by atoms with van der Waals surface area (Å²) in [6, 6.07) is 14.2. The van der Waals surface area contributed by atoms with Crippen LogP contribution in [0.15, 0.2) is 92.4 Å². The van der Waals surface area contributed by atoms with Gasteiger partial charge in [-0.3, -0.25) is 13.7 Å². The van der Waals surface area contributed by atoms with Gasteiger partial charge in [0.15, 0.2) is 0 Å². The van der Waals surface area contributed by atoms with Crippen molar-refractivity contribution in [2.45, 2.75) is 19.6 Å². The van der Waals surface area contributed by atoms with E-state index in [0.29, 0.717) is 0 Å². The first-order chi connectivity index (χ1) is 26.2. The average molecular weight is 917 g/mol. The third-order valence-electron chi connectivity index (χ3n) is 8.76. The smallest absolute Gasteiger partial charge is 0.357 e. The van der Waals surface area contributed by atoms with Crippen LogP contribution in [0.2, 0.25) is 0 Å². The number of halogens is 1. The number of benzene rings is 4. The molecule has 25 heteroatoms. The molecule has 3 aromatic heterocycles. The van der Waals surface area contributed by atoms with Crippen molar-refractivity contribution in [2.24, 2.45) is 0 Å². The fourth-order valence-corrected chi connectivity index (χ4v) is 8.51. The summed E-state index contributed by atoms with van der Waals surface area (Å²) < 4.78 is 127. The van der Waals surface area contributed by atoms with Crippen molar-refractivity contribution in [3.05, 3.63) is 72.8 Å². The normalized spacial score (nSPS) is 13.0. The maximum atomic E-state index is 12.4. The van der Waals surface area contributed by atoms with E-state index in [1.807, 2.05) is 0 Å². The molecule has 5 heterocycles. The van der Waals surface area contributed by atoms with E-state index in [1.165, 1.54) is 36.4 Å². The molecule has 0 unspecified atom stereocenters. The largest absolute Gasteiger partial charge is 2.00 e. The van der Waals surface area contributed by atoms with Gasteiger partial charge in [-0.1, -0.05) is 24.3 Å². The molecule has 2 aliphatic rings. The van der Waals surface area contributed by atoms with Crippen molar-refractivity contribution < 1.29 is 66.8 Å². The van der Waals surface area contributed by atoms with Crippen LogP contribution < -0.4 is 9.97 Å². The Labute approximate surface area is 336 Å². The Balaban J connectivity index is 0.00000455. The molecule has 0 saturated carbocycles. The third-order valence-corrected chi connectivity index (χ3v) is 12.7. The van der Waals surface area contributed by atoms with Gasteiger partial charge in [0, 0.05) is 55.5 Å². The minimum absolute atomic E-state index is 0. The van der Waals surface area contributed by atoms with Crippen molar-refractivity contribution in [1.82, 2.24) is 39.9 Å². The molecule has 0 radical (unpaired) electrons. The van der Waals surface area contributed by atoms with Gasteiger partial charge in [-0.15, -0.1) is 0 Å². The van der Waals surface area contributed by atoms with Crippen molar-refractivity contribution in [3.8, 4) is 45.6 Å². The summed E-state index contributed by atoms with van der Waals surface area (Å²) in [5, 5.41) is 0.485. The fraction of sp³-hybridized carbons (Fsp3) is 0. The number of aromatic nitrogens is 8. The van der Waals surface area contributed by atoms with E-state index in [1.54, 1.807) is 0 Å².